The fourth-order valence-corrected chi connectivity index (χ4v) is 5.33. The molecule has 0 amide bonds. The second kappa shape index (κ2) is 30.9. The molecule has 0 aliphatic heterocycles. The predicted octanol–water partition coefficient (Wildman–Crippen LogP) is 11.7. The number of aliphatic hydroxyl groups is 1. The Balaban J connectivity index is 3.21. The third-order valence-electron chi connectivity index (χ3n) is 7.96. The molecule has 1 atom stereocenters. The minimum atomic E-state index is -0.269. The van der Waals surface area contributed by atoms with Crippen LogP contribution < -0.4 is 0 Å². The Labute approximate surface area is 228 Å². The lowest BCUT2D eigenvalue weighted by atomic mass is 10.0. The maximum absolute atomic E-state index is 12.0. The molecule has 2 heteroatoms. The highest BCUT2D eigenvalue weighted by Gasteiger charge is 2.08. The number of ketones is 1. The highest BCUT2D eigenvalue weighted by molar-refractivity contribution is 5.78. The second-order valence-corrected chi connectivity index (χ2v) is 11.8. The lowest BCUT2D eigenvalue weighted by Gasteiger charge is -2.10. The number of aliphatic hydroxyl groups excluding tert-OH is 1. The van der Waals surface area contributed by atoms with Gasteiger partial charge in [0.15, 0.2) is 0 Å². The molecule has 216 valence electrons. The zero-order chi connectivity index (χ0) is 26.4. The number of carbonyl (C=O) groups excluding carboxylic acids is 1. The molecule has 0 aliphatic carbocycles. The number of hydrogen-bond acceptors (Lipinski definition) is 2. The molecule has 0 spiro atoms. The van der Waals surface area contributed by atoms with Crippen molar-refractivity contribution in [1.29, 1.82) is 0 Å². The fraction of sp³-hybridized carbons (Fsp3) is 0.971. The first kappa shape index (κ1) is 35.6. The highest BCUT2D eigenvalue weighted by atomic mass is 16.3. The summed E-state index contributed by atoms with van der Waals surface area (Å²) in [6.45, 7) is 4.53. The van der Waals surface area contributed by atoms with Crippen molar-refractivity contribution < 1.29 is 9.90 Å². The summed E-state index contributed by atoms with van der Waals surface area (Å²) in [6.07, 6.45) is 38.0. The standard InChI is InChI=1S/C34H68O2/c1-3-5-7-9-11-12-13-14-15-16-17-18-19-20-21-22-23-24-26-28-30-34(36)32-31-33(35)29-27-25-10-8-6-4-2/h34,36H,3-32H2,1-2H3. The van der Waals surface area contributed by atoms with Gasteiger partial charge in [-0.3, -0.25) is 4.79 Å². The SMILES string of the molecule is CCCCCCCCCCCCCCCCCCCCCCC(O)CCC(=O)CCCCCCCC. The van der Waals surface area contributed by atoms with Gasteiger partial charge < -0.3 is 5.11 Å². The van der Waals surface area contributed by atoms with Crippen LogP contribution in [-0.2, 0) is 4.79 Å². The molecule has 0 heterocycles. The van der Waals surface area contributed by atoms with Gasteiger partial charge in [-0.05, 0) is 19.3 Å². The van der Waals surface area contributed by atoms with E-state index in [-0.39, 0.29) is 6.10 Å². The van der Waals surface area contributed by atoms with E-state index in [1.807, 2.05) is 0 Å². The molecule has 36 heavy (non-hydrogen) atoms. The predicted molar refractivity (Wildman–Crippen MR) is 161 cm³/mol. The van der Waals surface area contributed by atoms with Crippen LogP contribution in [0.4, 0.5) is 0 Å². The minimum Gasteiger partial charge on any atom is -0.393 e. The molecule has 2 nitrogen and oxygen atoms in total. The van der Waals surface area contributed by atoms with Gasteiger partial charge in [-0.2, -0.15) is 0 Å². The summed E-state index contributed by atoms with van der Waals surface area (Å²) in [7, 11) is 0. The first-order valence-corrected chi connectivity index (χ1v) is 16.9. The molecule has 1 N–H and O–H groups in total. The molecule has 0 aromatic heterocycles. The zero-order valence-electron chi connectivity index (χ0n) is 25.1. The van der Waals surface area contributed by atoms with Gasteiger partial charge in [-0.1, -0.05) is 174 Å². The topological polar surface area (TPSA) is 37.3 Å². The summed E-state index contributed by atoms with van der Waals surface area (Å²) in [5.41, 5.74) is 0. The van der Waals surface area contributed by atoms with Crippen LogP contribution in [0.5, 0.6) is 0 Å². The maximum Gasteiger partial charge on any atom is 0.133 e. The van der Waals surface area contributed by atoms with E-state index in [4.69, 9.17) is 0 Å². The van der Waals surface area contributed by atoms with Gasteiger partial charge in [-0.25, -0.2) is 0 Å². The summed E-state index contributed by atoms with van der Waals surface area (Å²) >= 11 is 0. The van der Waals surface area contributed by atoms with E-state index in [0.717, 1.165) is 25.7 Å². The van der Waals surface area contributed by atoms with Gasteiger partial charge >= 0.3 is 0 Å². The lowest BCUT2D eigenvalue weighted by Crippen LogP contribution is -2.09. The van der Waals surface area contributed by atoms with Crippen LogP contribution in [0.3, 0.4) is 0 Å². The summed E-state index contributed by atoms with van der Waals surface area (Å²) in [6, 6.07) is 0. The average Bonchev–Trinajstić information content (AvgIpc) is 2.88. The molecule has 0 aliphatic rings. The third kappa shape index (κ3) is 29.9. The van der Waals surface area contributed by atoms with E-state index in [1.165, 1.54) is 154 Å². The van der Waals surface area contributed by atoms with E-state index in [9.17, 15) is 9.90 Å². The van der Waals surface area contributed by atoms with Crippen LogP contribution in [0.15, 0.2) is 0 Å². The Hall–Kier alpha value is -0.370. The van der Waals surface area contributed by atoms with Gasteiger partial charge in [0.25, 0.3) is 0 Å². The number of Topliss-reactive ketones (excluding diaryl/α,β-unsaturated/α-hetero) is 1. The first-order chi connectivity index (χ1) is 17.7. The summed E-state index contributed by atoms with van der Waals surface area (Å²) in [4.78, 5) is 12.0. The maximum atomic E-state index is 12.0. The Morgan fingerprint density at radius 3 is 1.08 bits per heavy atom. The van der Waals surface area contributed by atoms with E-state index in [2.05, 4.69) is 13.8 Å². The highest BCUT2D eigenvalue weighted by Crippen LogP contribution is 2.16. The van der Waals surface area contributed by atoms with E-state index in [1.54, 1.807) is 0 Å². The molecule has 0 saturated heterocycles. The van der Waals surface area contributed by atoms with Gasteiger partial charge in [0.2, 0.25) is 0 Å². The first-order valence-electron chi connectivity index (χ1n) is 16.9. The fourth-order valence-electron chi connectivity index (χ4n) is 5.33. The number of hydrogen-bond donors (Lipinski definition) is 1. The molecular weight excluding hydrogens is 440 g/mol. The lowest BCUT2D eigenvalue weighted by molar-refractivity contribution is -0.119. The largest absolute Gasteiger partial charge is 0.393 e. The molecule has 1 unspecified atom stereocenters. The quantitative estimate of drug-likeness (QED) is 0.0945. The van der Waals surface area contributed by atoms with Crippen LogP contribution in [0.2, 0.25) is 0 Å². The molecular formula is C34H68O2. The molecule has 0 radical (unpaired) electrons. The third-order valence-corrected chi connectivity index (χ3v) is 7.96. The van der Waals surface area contributed by atoms with Crippen molar-refractivity contribution >= 4 is 5.78 Å². The van der Waals surface area contributed by atoms with Gasteiger partial charge in [0, 0.05) is 12.8 Å². The smallest absolute Gasteiger partial charge is 0.133 e. The van der Waals surface area contributed by atoms with Crippen molar-refractivity contribution in [2.24, 2.45) is 0 Å². The van der Waals surface area contributed by atoms with Crippen LogP contribution in [0, 0.1) is 0 Å². The Morgan fingerprint density at radius 2 is 0.722 bits per heavy atom. The number of carbonyl (C=O) groups is 1. The normalized spacial score (nSPS) is 12.3. The van der Waals surface area contributed by atoms with E-state index < -0.39 is 0 Å². The van der Waals surface area contributed by atoms with Crippen LogP contribution in [-0.4, -0.2) is 17.0 Å². The summed E-state index contributed by atoms with van der Waals surface area (Å²) in [5, 5.41) is 10.2. The van der Waals surface area contributed by atoms with Crippen molar-refractivity contribution in [1.82, 2.24) is 0 Å². The molecule has 0 saturated carbocycles. The number of rotatable bonds is 31. The van der Waals surface area contributed by atoms with E-state index >= 15 is 0 Å². The molecule has 0 rings (SSSR count). The van der Waals surface area contributed by atoms with Crippen LogP contribution in [0.25, 0.3) is 0 Å². The van der Waals surface area contributed by atoms with Crippen molar-refractivity contribution in [3.63, 3.8) is 0 Å². The Kier molecular flexibility index (Phi) is 30.5. The van der Waals surface area contributed by atoms with Gasteiger partial charge in [0.05, 0.1) is 6.10 Å². The second-order valence-electron chi connectivity index (χ2n) is 11.8. The average molecular weight is 509 g/mol. The molecule has 0 fully saturated rings. The minimum absolute atomic E-state index is 0.269. The zero-order valence-corrected chi connectivity index (χ0v) is 25.1. The van der Waals surface area contributed by atoms with E-state index in [0.29, 0.717) is 18.6 Å². The molecule has 0 bridgehead atoms. The Morgan fingerprint density at radius 1 is 0.417 bits per heavy atom. The molecule has 0 aromatic rings. The van der Waals surface area contributed by atoms with Gasteiger partial charge in [0.1, 0.15) is 5.78 Å². The summed E-state index contributed by atoms with van der Waals surface area (Å²) < 4.78 is 0. The molecule has 0 aromatic carbocycles. The van der Waals surface area contributed by atoms with Crippen molar-refractivity contribution in [3.05, 3.63) is 0 Å². The van der Waals surface area contributed by atoms with Crippen molar-refractivity contribution in [2.75, 3.05) is 0 Å². The monoisotopic (exact) mass is 509 g/mol. The Bertz CT molecular complexity index is 419. The van der Waals surface area contributed by atoms with Crippen LogP contribution in [0.1, 0.15) is 206 Å². The van der Waals surface area contributed by atoms with Crippen molar-refractivity contribution in [3.8, 4) is 0 Å². The van der Waals surface area contributed by atoms with Crippen molar-refractivity contribution in [2.45, 2.75) is 213 Å². The van der Waals surface area contributed by atoms with Gasteiger partial charge in [-0.15, -0.1) is 0 Å². The summed E-state index contributed by atoms with van der Waals surface area (Å²) in [5.74, 6) is 0.355. The van der Waals surface area contributed by atoms with Crippen LogP contribution >= 0.6 is 0 Å². The number of unbranched alkanes of at least 4 members (excludes halogenated alkanes) is 24.